The van der Waals surface area contributed by atoms with Crippen molar-refractivity contribution in [2.24, 2.45) is 16.6 Å². The van der Waals surface area contributed by atoms with Gasteiger partial charge in [0.1, 0.15) is 30.5 Å². The van der Waals surface area contributed by atoms with Crippen LogP contribution in [0.1, 0.15) is 24.8 Å². The van der Waals surface area contributed by atoms with Crippen LogP contribution in [-0.2, 0) is 12.1 Å². The highest BCUT2D eigenvalue weighted by molar-refractivity contribution is 8.15. The number of fused-ring (bicyclic) bond motifs is 2. The highest BCUT2D eigenvalue weighted by Crippen LogP contribution is 2.66. The molecule has 0 amide bonds. The quantitative estimate of drug-likeness (QED) is 0.352. The number of hydrogen-bond acceptors (Lipinski definition) is 11. The minimum Gasteiger partial charge on any atom is -0.482 e. The van der Waals surface area contributed by atoms with Gasteiger partial charge in [0.15, 0.2) is 17.6 Å². The Balaban J connectivity index is 1.29. The van der Waals surface area contributed by atoms with E-state index < -0.39 is 22.9 Å². The molecule has 2 aliphatic rings. The number of nitrogens with zero attached hydrogens (tertiary/aromatic N) is 6. The minimum absolute atomic E-state index is 0.148. The molecule has 0 unspecified atom stereocenters. The van der Waals surface area contributed by atoms with Crippen LogP contribution in [0, 0.1) is 11.9 Å². The molecule has 10 nitrogen and oxygen atoms in total. The molecule has 1 saturated carbocycles. The number of nitrogens with one attached hydrogen (secondary N) is 1. The van der Waals surface area contributed by atoms with Crippen LogP contribution in [-0.4, -0.2) is 41.5 Å². The van der Waals surface area contributed by atoms with Gasteiger partial charge in [0, 0.05) is 17.5 Å². The molecule has 1 fully saturated rings. The topological polar surface area (TPSA) is 137 Å². The van der Waals surface area contributed by atoms with Crippen LogP contribution in [0.5, 0.6) is 5.75 Å². The molecule has 184 valence electrons. The third-order valence-corrected chi connectivity index (χ3v) is 7.79. The molecule has 0 bridgehead atoms. The summed E-state index contributed by atoms with van der Waals surface area (Å²) in [6.45, 7) is 1.37. The fourth-order valence-electron chi connectivity index (χ4n) is 4.64. The highest BCUT2D eigenvalue weighted by Gasteiger charge is 2.67. The first kappa shape index (κ1) is 22.6. The van der Waals surface area contributed by atoms with Gasteiger partial charge in [-0.15, -0.1) is 0 Å². The second-order valence-corrected chi connectivity index (χ2v) is 10.3. The summed E-state index contributed by atoms with van der Waals surface area (Å²) in [4.78, 5) is 25.4. The molecule has 1 aliphatic carbocycles. The van der Waals surface area contributed by atoms with Gasteiger partial charge in [-0.1, -0.05) is 11.8 Å². The largest absolute Gasteiger partial charge is 0.482 e. The molecule has 0 aromatic carbocycles. The Morgan fingerprint density at radius 1 is 1.22 bits per heavy atom. The number of pyridine rings is 2. The van der Waals surface area contributed by atoms with E-state index in [2.05, 4.69) is 35.2 Å². The molecule has 6 rings (SSSR count). The third kappa shape index (κ3) is 3.79. The highest BCUT2D eigenvalue weighted by atomic mass is 32.2. The lowest BCUT2D eigenvalue weighted by Crippen LogP contribution is -2.37. The number of amidine groups is 1. The molecular formula is C23H20F2N8O2S. The molecule has 0 saturated heterocycles. The number of anilines is 2. The Labute approximate surface area is 207 Å². The zero-order valence-corrected chi connectivity index (χ0v) is 19.8. The SMILES string of the molecule is C[C@]1(c2cc(Nc3ncnc4cc(OCc5ncco5)cnc34)cnc2F)N=C(N)S[C@@]2(CF)C[C@H]21. The number of alkyl halides is 1. The molecule has 5 heterocycles. The Kier molecular flexibility index (Phi) is 5.25. The van der Waals surface area contributed by atoms with Crippen molar-refractivity contribution in [1.82, 2.24) is 24.9 Å². The molecule has 4 aromatic heterocycles. The Morgan fingerprint density at radius 2 is 2.11 bits per heavy atom. The summed E-state index contributed by atoms with van der Waals surface area (Å²) in [6, 6.07) is 3.33. The van der Waals surface area contributed by atoms with Crippen molar-refractivity contribution < 1.29 is 17.9 Å². The Morgan fingerprint density at radius 3 is 2.92 bits per heavy atom. The van der Waals surface area contributed by atoms with E-state index in [0.29, 0.717) is 40.6 Å². The lowest BCUT2D eigenvalue weighted by Gasteiger charge is -2.33. The summed E-state index contributed by atoms with van der Waals surface area (Å²) >= 11 is 1.23. The van der Waals surface area contributed by atoms with E-state index >= 15 is 0 Å². The van der Waals surface area contributed by atoms with E-state index in [4.69, 9.17) is 14.9 Å². The predicted octanol–water partition coefficient (Wildman–Crippen LogP) is 3.87. The van der Waals surface area contributed by atoms with Gasteiger partial charge in [-0.2, -0.15) is 4.39 Å². The second kappa shape index (κ2) is 8.36. The van der Waals surface area contributed by atoms with Crippen molar-refractivity contribution in [3.8, 4) is 5.75 Å². The zero-order chi connectivity index (χ0) is 24.9. The van der Waals surface area contributed by atoms with Crippen LogP contribution >= 0.6 is 11.8 Å². The molecule has 13 heteroatoms. The van der Waals surface area contributed by atoms with Crippen LogP contribution in [0.2, 0.25) is 0 Å². The third-order valence-electron chi connectivity index (χ3n) is 6.52. The molecule has 3 atom stereocenters. The number of aliphatic imine (C=N–C) groups is 1. The van der Waals surface area contributed by atoms with Crippen LogP contribution in [0.3, 0.4) is 0 Å². The first-order valence-electron chi connectivity index (χ1n) is 11.1. The van der Waals surface area contributed by atoms with Crippen molar-refractivity contribution in [2.45, 2.75) is 30.2 Å². The normalized spacial score (nSPS) is 24.8. The molecule has 0 spiro atoms. The Bertz CT molecular complexity index is 1490. The first-order chi connectivity index (χ1) is 17.4. The number of rotatable bonds is 7. The van der Waals surface area contributed by atoms with Crippen molar-refractivity contribution in [2.75, 3.05) is 12.0 Å². The van der Waals surface area contributed by atoms with Gasteiger partial charge in [-0.05, 0) is 19.4 Å². The molecule has 3 N–H and O–H groups in total. The second-order valence-electron chi connectivity index (χ2n) is 8.82. The number of halogens is 2. The average Bonchev–Trinajstić information content (AvgIpc) is 3.38. The maximum atomic E-state index is 14.9. The van der Waals surface area contributed by atoms with Crippen molar-refractivity contribution in [3.63, 3.8) is 0 Å². The summed E-state index contributed by atoms with van der Waals surface area (Å²) in [6.07, 6.45) is 7.84. The summed E-state index contributed by atoms with van der Waals surface area (Å²) < 4.78 is 38.9. The van der Waals surface area contributed by atoms with Crippen molar-refractivity contribution in [3.05, 3.63) is 60.7 Å². The van der Waals surface area contributed by atoms with Gasteiger partial charge in [0.2, 0.25) is 11.8 Å². The van der Waals surface area contributed by atoms with E-state index in [1.165, 1.54) is 42.9 Å². The first-order valence-corrected chi connectivity index (χ1v) is 11.9. The molecule has 1 aliphatic heterocycles. The van der Waals surface area contributed by atoms with E-state index in [0.717, 1.165) is 0 Å². The van der Waals surface area contributed by atoms with Crippen LogP contribution < -0.4 is 15.8 Å². The number of oxazole rings is 1. The summed E-state index contributed by atoms with van der Waals surface area (Å²) in [5.41, 5.74) is 6.70. The summed E-state index contributed by atoms with van der Waals surface area (Å²) in [5.74, 6) is 0.455. The van der Waals surface area contributed by atoms with Gasteiger partial charge in [0.25, 0.3) is 0 Å². The lowest BCUT2D eigenvalue weighted by molar-refractivity contribution is 0.262. The van der Waals surface area contributed by atoms with Gasteiger partial charge >= 0.3 is 0 Å². The van der Waals surface area contributed by atoms with Gasteiger partial charge in [-0.25, -0.2) is 29.3 Å². The van der Waals surface area contributed by atoms with Gasteiger partial charge in [0.05, 0.1) is 40.1 Å². The van der Waals surface area contributed by atoms with Crippen molar-refractivity contribution in [1.29, 1.82) is 0 Å². The predicted molar refractivity (Wildman–Crippen MR) is 129 cm³/mol. The molecule has 4 aromatic rings. The fourth-order valence-corrected chi connectivity index (χ4v) is 5.97. The van der Waals surface area contributed by atoms with Gasteiger partial charge in [-0.3, -0.25) is 4.99 Å². The standard InChI is InChI=1S/C23H20F2N8O2S/c1-22(16-6-23(16,10-24)36-21(26)33-22)14-4-12(7-29-19(14)25)32-20-18-15(30-11-31-20)5-13(8-28-18)35-9-17-27-2-3-34-17/h2-5,7-8,11,16H,6,9-10H2,1H3,(H2,26,33)(H,30,31,32)/t16-,22+,23+/m0/s1. The average molecular weight is 511 g/mol. The molecular weight excluding hydrogens is 490 g/mol. The van der Waals surface area contributed by atoms with Gasteiger partial charge < -0.3 is 20.2 Å². The molecule has 36 heavy (non-hydrogen) atoms. The van der Waals surface area contributed by atoms with Crippen LogP contribution in [0.25, 0.3) is 11.0 Å². The van der Waals surface area contributed by atoms with Crippen LogP contribution in [0.4, 0.5) is 20.3 Å². The maximum absolute atomic E-state index is 14.9. The number of nitrogens with two attached hydrogens (primary N) is 1. The number of aromatic nitrogens is 5. The maximum Gasteiger partial charge on any atom is 0.232 e. The summed E-state index contributed by atoms with van der Waals surface area (Å²) in [7, 11) is 0. The number of ether oxygens (including phenoxy) is 1. The minimum atomic E-state index is -1.03. The number of hydrogen-bond donors (Lipinski definition) is 2. The Hall–Kier alpha value is -3.87. The van der Waals surface area contributed by atoms with E-state index in [1.807, 2.05) is 0 Å². The molecule has 0 radical (unpaired) electrons. The summed E-state index contributed by atoms with van der Waals surface area (Å²) in [5, 5.41) is 3.38. The fraction of sp³-hybridized carbons (Fsp3) is 0.304. The smallest absolute Gasteiger partial charge is 0.232 e. The van der Waals surface area contributed by atoms with E-state index in [-0.39, 0.29) is 23.3 Å². The lowest BCUT2D eigenvalue weighted by atomic mass is 9.86. The van der Waals surface area contributed by atoms with Crippen molar-refractivity contribution >= 4 is 39.5 Å². The monoisotopic (exact) mass is 510 g/mol. The van der Waals surface area contributed by atoms with E-state index in [1.54, 1.807) is 19.1 Å². The zero-order valence-electron chi connectivity index (χ0n) is 19.0. The van der Waals surface area contributed by atoms with Crippen LogP contribution in [0.15, 0.2) is 52.7 Å². The van der Waals surface area contributed by atoms with E-state index in [9.17, 15) is 8.78 Å². The number of thioether (sulfide) groups is 1.